The number of benzene rings is 1. The molecular weight excluding hydrogens is 330 g/mol. The minimum Gasteiger partial charge on any atom is -0.454 e. The van der Waals surface area contributed by atoms with Gasteiger partial charge >= 0.3 is 0 Å². The highest BCUT2D eigenvalue weighted by atomic mass is 16.7. The van der Waals surface area contributed by atoms with Crippen LogP contribution in [0.1, 0.15) is 50.6 Å². The van der Waals surface area contributed by atoms with E-state index in [1.807, 2.05) is 25.3 Å². The summed E-state index contributed by atoms with van der Waals surface area (Å²) in [6, 6.07) is 7.72. The minimum atomic E-state index is -0.317. The van der Waals surface area contributed by atoms with Crippen molar-refractivity contribution >= 4 is 5.91 Å². The molecule has 1 N–H and O–H groups in total. The molecule has 1 aliphatic carbocycles. The van der Waals surface area contributed by atoms with E-state index in [2.05, 4.69) is 22.5 Å². The van der Waals surface area contributed by atoms with Gasteiger partial charge in [0.25, 0.3) is 0 Å². The standard InChI is InChI=1S/C20H25N3O3/c1-15(23-11-5-10-22-23)19(24)21-13-20(8-3-2-4-9-20)16-6-7-17-18(12-16)26-14-25-17/h5-7,10-12,15H,2-4,8-9,13-14H2,1H3,(H,21,24)/t15-/m1/s1. The van der Waals surface area contributed by atoms with Crippen LogP contribution >= 0.6 is 0 Å². The predicted molar refractivity (Wildman–Crippen MR) is 97.3 cm³/mol. The lowest BCUT2D eigenvalue weighted by Crippen LogP contribution is -2.44. The summed E-state index contributed by atoms with van der Waals surface area (Å²) in [6.45, 7) is 2.79. The summed E-state index contributed by atoms with van der Waals surface area (Å²) in [5.41, 5.74) is 1.19. The number of carbonyl (C=O) groups excluding carboxylic acids is 1. The van der Waals surface area contributed by atoms with E-state index in [1.165, 1.54) is 24.8 Å². The molecule has 1 saturated carbocycles. The Bertz CT molecular complexity index is 767. The number of nitrogens with one attached hydrogen (secondary N) is 1. The van der Waals surface area contributed by atoms with Crippen molar-refractivity contribution in [1.29, 1.82) is 0 Å². The van der Waals surface area contributed by atoms with Crippen LogP contribution in [0.5, 0.6) is 11.5 Å². The summed E-state index contributed by atoms with van der Waals surface area (Å²) in [5, 5.41) is 7.35. The van der Waals surface area contributed by atoms with E-state index in [0.717, 1.165) is 24.3 Å². The summed E-state index contributed by atoms with van der Waals surface area (Å²) in [6.07, 6.45) is 9.27. The lowest BCUT2D eigenvalue weighted by atomic mass is 9.69. The number of ether oxygens (including phenoxy) is 2. The fourth-order valence-electron chi connectivity index (χ4n) is 4.06. The third-order valence-electron chi connectivity index (χ3n) is 5.70. The number of nitrogens with zero attached hydrogens (tertiary/aromatic N) is 2. The van der Waals surface area contributed by atoms with Gasteiger partial charge in [0.1, 0.15) is 6.04 Å². The molecule has 0 saturated heterocycles. The van der Waals surface area contributed by atoms with Crippen LogP contribution < -0.4 is 14.8 Å². The first-order valence-electron chi connectivity index (χ1n) is 9.35. The topological polar surface area (TPSA) is 65.4 Å². The van der Waals surface area contributed by atoms with Gasteiger partial charge in [-0.25, -0.2) is 0 Å². The van der Waals surface area contributed by atoms with E-state index in [4.69, 9.17) is 9.47 Å². The fraction of sp³-hybridized carbons (Fsp3) is 0.500. The van der Waals surface area contributed by atoms with E-state index in [0.29, 0.717) is 6.54 Å². The zero-order valence-corrected chi connectivity index (χ0v) is 15.1. The maximum atomic E-state index is 12.6. The second kappa shape index (κ2) is 7.02. The summed E-state index contributed by atoms with van der Waals surface area (Å²) in [4.78, 5) is 12.6. The number of amides is 1. The van der Waals surface area contributed by atoms with Crippen LogP contribution in [0, 0.1) is 0 Å². The zero-order valence-electron chi connectivity index (χ0n) is 15.1. The fourth-order valence-corrected chi connectivity index (χ4v) is 4.06. The molecular formula is C20H25N3O3. The van der Waals surface area contributed by atoms with Crippen LogP contribution in [0.2, 0.25) is 0 Å². The molecule has 6 heteroatoms. The van der Waals surface area contributed by atoms with Gasteiger partial charge in [-0.1, -0.05) is 25.3 Å². The average Bonchev–Trinajstić information content (AvgIpc) is 3.37. The Kier molecular flexibility index (Phi) is 4.57. The van der Waals surface area contributed by atoms with Crippen molar-refractivity contribution in [2.24, 2.45) is 0 Å². The Hall–Kier alpha value is -2.50. The zero-order chi connectivity index (χ0) is 18.0. The maximum absolute atomic E-state index is 12.6. The highest BCUT2D eigenvalue weighted by Crippen LogP contribution is 2.43. The molecule has 26 heavy (non-hydrogen) atoms. The Morgan fingerprint density at radius 1 is 1.27 bits per heavy atom. The summed E-state index contributed by atoms with van der Waals surface area (Å²) < 4.78 is 12.7. The third kappa shape index (κ3) is 3.16. The van der Waals surface area contributed by atoms with Crippen molar-refractivity contribution in [2.45, 2.75) is 50.5 Å². The Labute approximate surface area is 153 Å². The molecule has 6 nitrogen and oxygen atoms in total. The molecule has 1 fully saturated rings. The number of hydrogen-bond acceptors (Lipinski definition) is 4. The molecule has 0 spiro atoms. The van der Waals surface area contributed by atoms with Crippen LogP contribution in [0.25, 0.3) is 0 Å². The van der Waals surface area contributed by atoms with Crippen molar-refractivity contribution in [2.75, 3.05) is 13.3 Å². The van der Waals surface area contributed by atoms with Gasteiger partial charge in [-0.2, -0.15) is 5.10 Å². The Morgan fingerprint density at radius 3 is 2.85 bits per heavy atom. The third-order valence-corrected chi connectivity index (χ3v) is 5.70. The second-order valence-electron chi connectivity index (χ2n) is 7.29. The van der Waals surface area contributed by atoms with Crippen LogP contribution in [-0.2, 0) is 10.2 Å². The largest absolute Gasteiger partial charge is 0.454 e. The van der Waals surface area contributed by atoms with Gasteiger partial charge in [0, 0.05) is 24.4 Å². The van der Waals surface area contributed by atoms with Gasteiger partial charge in [-0.3, -0.25) is 9.48 Å². The van der Waals surface area contributed by atoms with Crippen LogP contribution in [-0.4, -0.2) is 29.0 Å². The summed E-state index contributed by atoms with van der Waals surface area (Å²) >= 11 is 0. The van der Waals surface area contributed by atoms with Gasteiger partial charge in [0.15, 0.2) is 11.5 Å². The molecule has 2 heterocycles. The molecule has 1 amide bonds. The Morgan fingerprint density at radius 2 is 2.08 bits per heavy atom. The van der Waals surface area contributed by atoms with Crippen molar-refractivity contribution in [3.8, 4) is 11.5 Å². The first kappa shape index (κ1) is 16.9. The molecule has 4 rings (SSSR count). The van der Waals surface area contributed by atoms with E-state index < -0.39 is 0 Å². The first-order chi connectivity index (χ1) is 12.7. The number of aromatic nitrogens is 2. The van der Waals surface area contributed by atoms with E-state index in [9.17, 15) is 4.79 Å². The molecule has 1 aliphatic heterocycles. The molecule has 2 aliphatic rings. The normalized spacial score (nSPS) is 19.1. The number of hydrogen-bond donors (Lipinski definition) is 1. The van der Waals surface area contributed by atoms with Gasteiger partial charge in [-0.05, 0) is 43.5 Å². The van der Waals surface area contributed by atoms with E-state index in [-0.39, 0.29) is 24.2 Å². The van der Waals surface area contributed by atoms with Gasteiger partial charge < -0.3 is 14.8 Å². The lowest BCUT2D eigenvalue weighted by Gasteiger charge is -2.38. The van der Waals surface area contributed by atoms with Crippen molar-refractivity contribution in [3.63, 3.8) is 0 Å². The van der Waals surface area contributed by atoms with Crippen molar-refractivity contribution in [3.05, 3.63) is 42.2 Å². The van der Waals surface area contributed by atoms with Gasteiger partial charge in [0.2, 0.25) is 12.7 Å². The molecule has 0 unspecified atom stereocenters. The van der Waals surface area contributed by atoms with Crippen molar-refractivity contribution in [1.82, 2.24) is 15.1 Å². The molecule has 1 aromatic heterocycles. The summed E-state index contributed by atoms with van der Waals surface area (Å²) in [5.74, 6) is 1.61. The molecule has 0 radical (unpaired) electrons. The highest BCUT2D eigenvalue weighted by molar-refractivity contribution is 5.79. The Balaban J connectivity index is 1.52. The van der Waals surface area contributed by atoms with Gasteiger partial charge in [0.05, 0.1) is 0 Å². The number of rotatable bonds is 5. The smallest absolute Gasteiger partial charge is 0.244 e. The SMILES string of the molecule is C[C@H](C(=O)NCC1(c2ccc3c(c2)OCO3)CCCCC1)n1cccn1. The molecule has 0 bridgehead atoms. The molecule has 2 aromatic rings. The van der Waals surface area contributed by atoms with Crippen LogP contribution in [0.4, 0.5) is 0 Å². The van der Waals surface area contributed by atoms with Gasteiger partial charge in [-0.15, -0.1) is 0 Å². The van der Waals surface area contributed by atoms with Crippen molar-refractivity contribution < 1.29 is 14.3 Å². The lowest BCUT2D eigenvalue weighted by molar-refractivity contribution is -0.124. The van der Waals surface area contributed by atoms with E-state index in [1.54, 1.807) is 10.9 Å². The molecule has 138 valence electrons. The minimum absolute atomic E-state index is 0.000563. The quantitative estimate of drug-likeness (QED) is 0.894. The van der Waals surface area contributed by atoms with E-state index >= 15 is 0 Å². The van der Waals surface area contributed by atoms with Crippen LogP contribution in [0.3, 0.4) is 0 Å². The predicted octanol–water partition coefficient (Wildman–Crippen LogP) is 3.19. The molecule has 1 aromatic carbocycles. The number of fused-ring (bicyclic) bond motifs is 1. The monoisotopic (exact) mass is 355 g/mol. The first-order valence-corrected chi connectivity index (χ1v) is 9.35. The molecule has 1 atom stereocenters. The average molecular weight is 355 g/mol. The second-order valence-corrected chi connectivity index (χ2v) is 7.29. The number of carbonyl (C=O) groups is 1. The highest BCUT2D eigenvalue weighted by Gasteiger charge is 2.36. The van der Waals surface area contributed by atoms with Crippen LogP contribution in [0.15, 0.2) is 36.7 Å². The maximum Gasteiger partial charge on any atom is 0.244 e. The summed E-state index contributed by atoms with van der Waals surface area (Å²) in [7, 11) is 0.